The quantitative estimate of drug-likeness (QED) is 0.692. The Hall–Kier alpha value is -0.610. The first kappa shape index (κ1) is 13.5. The molecule has 1 saturated heterocycles. The smallest absolute Gasteiger partial charge is 0.237 e. The summed E-state index contributed by atoms with van der Waals surface area (Å²) < 4.78 is 5.37. The number of nitrogens with one attached hydrogen (secondary N) is 2. The van der Waals surface area contributed by atoms with Gasteiger partial charge >= 0.3 is 0 Å². The maximum absolute atomic E-state index is 11.8. The molecule has 16 heavy (non-hydrogen) atoms. The molecule has 0 radical (unpaired) electrons. The van der Waals surface area contributed by atoms with Gasteiger partial charge in [-0.2, -0.15) is 0 Å². The van der Waals surface area contributed by atoms with E-state index in [-0.39, 0.29) is 18.1 Å². The summed E-state index contributed by atoms with van der Waals surface area (Å²) in [6.07, 6.45) is 3.47. The largest absolute Gasteiger partial charge is 0.377 e. The Morgan fingerprint density at radius 1 is 1.50 bits per heavy atom. The molecule has 1 rings (SSSR count). The first-order valence-corrected chi connectivity index (χ1v) is 6.25. The molecule has 2 unspecified atom stereocenters. The van der Waals surface area contributed by atoms with Crippen LogP contribution in [-0.4, -0.2) is 37.2 Å². The monoisotopic (exact) mass is 228 g/mol. The number of carbonyl (C=O) groups is 1. The highest BCUT2D eigenvalue weighted by Gasteiger charge is 2.23. The van der Waals surface area contributed by atoms with Crippen molar-refractivity contribution in [3.05, 3.63) is 0 Å². The van der Waals surface area contributed by atoms with Crippen LogP contribution in [0.3, 0.4) is 0 Å². The van der Waals surface area contributed by atoms with Crippen molar-refractivity contribution in [3.8, 4) is 0 Å². The van der Waals surface area contributed by atoms with E-state index in [1.807, 2.05) is 13.8 Å². The molecule has 1 fully saturated rings. The van der Waals surface area contributed by atoms with Gasteiger partial charge in [0, 0.05) is 12.6 Å². The Bertz CT molecular complexity index is 219. The predicted octanol–water partition coefficient (Wildman–Crippen LogP) is 1.06. The van der Waals surface area contributed by atoms with Crippen LogP contribution in [0.1, 0.15) is 40.0 Å². The van der Waals surface area contributed by atoms with Gasteiger partial charge in [-0.15, -0.1) is 0 Å². The lowest BCUT2D eigenvalue weighted by Gasteiger charge is -2.27. The summed E-state index contributed by atoms with van der Waals surface area (Å²) in [6, 6.07) is 0.444. The molecule has 0 spiro atoms. The second kappa shape index (κ2) is 6.86. The van der Waals surface area contributed by atoms with Gasteiger partial charge in [0.2, 0.25) is 5.91 Å². The maximum Gasteiger partial charge on any atom is 0.237 e. The lowest BCUT2D eigenvalue weighted by atomic mass is 9.99. The molecule has 4 heteroatoms. The predicted molar refractivity (Wildman–Crippen MR) is 64.3 cm³/mol. The highest BCUT2D eigenvalue weighted by Crippen LogP contribution is 2.11. The summed E-state index contributed by atoms with van der Waals surface area (Å²) in [5, 5.41) is 6.21. The molecule has 1 amide bonds. The van der Waals surface area contributed by atoms with Crippen molar-refractivity contribution in [2.45, 2.75) is 58.2 Å². The summed E-state index contributed by atoms with van der Waals surface area (Å²) >= 11 is 0. The average Bonchev–Trinajstić information content (AvgIpc) is 2.24. The minimum atomic E-state index is -0.0113. The number of carbonyl (C=O) groups excluding carboxylic acids is 1. The summed E-state index contributed by atoms with van der Waals surface area (Å²) in [4.78, 5) is 11.8. The summed E-state index contributed by atoms with van der Waals surface area (Å²) in [6.45, 7) is 7.30. The molecule has 94 valence electrons. The third-order valence-corrected chi connectivity index (χ3v) is 2.78. The van der Waals surface area contributed by atoms with Crippen LogP contribution in [0, 0.1) is 0 Å². The van der Waals surface area contributed by atoms with Crippen LogP contribution in [0.15, 0.2) is 0 Å². The third kappa shape index (κ3) is 4.94. The second-order valence-electron chi connectivity index (χ2n) is 4.76. The van der Waals surface area contributed by atoms with E-state index in [4.69, 9.17) is 4.74 Å². The maximum atomic E-state index is 11.8. The normalized spacial score (nSPS) is 25.8. The van der Waals surface area contributed by atoms with Crippen LogP contribution < -0.4 is 10.6 Å². The van der Waals surface area contributed by atoms with Crippen molar-refractivity contribution in [1.29, 1.82) is 0 Å². The van der Waals surface area contributed by atoms with Crippen LogP contribution in [0.4, 0.5) is 0 Å². The minimum Gasteiger partial charge on any atom is -0.377 e. The molecule has 1 aliphatic rings. The molecule has 0 aromatic rings. The lowest BCUT2D eigenvalue weighted by Crippen LogP contribution is -2.50. The van der Waals surface area contributed by atoms with Gasteiger partial charge in [-0.1, -0.05) is 0 Å². The van der Waals surface area contributed by atoms with Gasteiger partial charge in [-0.25, -0.2) is 0 Å². The molecule has 2 N–H and O–H groups in total. The third-order valence-electron chi connectivity index (χ3n) is 2.78. The van der Waals surface area contributed by atoms with Gasteiger partial charge < -0.3 is 15.4 Å². The highest BCUT2D eigenvalue weighted by atomic mass is 16.5. The van der Waals surface area contributed by atoms with E-state index in [1.165, 1.54) is 6.42 Å². The van der Waals surface area contributed by atoms with E-state index in [2.05, 4.69) is 17.6 Å². The molecule has 0 aliphatic carbocycles. The zero-order chi connectivity index (χ0) is 12.0. The number of piperidine rings is 1. The minimum absolute atomic E-state index is 0.0113. The van der Waals surface area contributed by atoms with Gasteiger partial charge in [-0.3, -0.25) is 4.79 Å². The van der Waals surface area contributed by atoms with E-state index in [1.54, 1.807) is 0 Å². The van der Waals surface area contributed by atoms with E-state index in [0.29, 0.717) is 19.2 Å². The number of rotatable bonds is 5. The fourth-order valence-electron chi connectivity index (χ4n) is 1.94. The molecular formula is C12H24N2O2. The lowest BCUT2D eigenvalue weighted by molar-refractivity contribution is -0.124. The van der Waals surface area contributed by atoms with Crippen LogP contribution in [0.5, 0.6) is 0 Å². The average molecular weight is 228 g/mol. The summed E-state index contributed by atoms with van der Waals surface area (Å²) in [7, 11) is 0. The van der Waals surface area contributed by atoms with E-state index >= 15 is 0 Å². The van der Waals surface area contributed by atoms with Gasteiger partial charge in [0.15, 0.2) is 0 Å². The SMILES string of the molecule is CC1CCCC(C(=O)NCCOC(C)C)N1. The van der Waals surface area contributed by atoms with Crippen LogP contribution >= 0.6 is 0 Å². The van der Waals surface area contributed by atoms with Crippen molar-refractivity contribution in [2.24, 2.45) is 0 Å². The van der Waals surface area contributed by atoms with Crippen LogP contribution in [0.2, 0.25) is 0 Å². The number of amides is 1. The van der Waals surface area contributed by atoms with Crippen molar-refractivity contribution in [2.75, 3.05) is 13.2 Å². The second-order valence-corrected chi connectivity index (χ2v) is 4.76. The molecule has 0 bridgehead atoms. The van der Waals surface area contributed by atoms with Crippen LogP contribution in [0.25, 0.3) is 0 Å². The molecule has 2 atom stereocenters. The van der Waals surface area contributed by atoms with Crippen molar-refractivity contribution in [1.82, 2.24) is 10.6 Å². The topological polar surface area (TPSA) is 50.4 Å². The standard InChI is InChI=1S/C12H24N2O2/c1-9(2)16-8-7-13-12(15)11-6-4-5-10(3)14-11/h9-11,14H,4-8H2,1-3H3,(H,13,15). The van der Waals surface area contributed by atoms with Gasteiger partial charge in [0.1, 0.15) is 0 Å². The molecular weight excluding hydrogens is 204 g/mol. The molecule has 0 aromatic carbocycles. The van der Waals surface area contributed by atoms with Gasteiger partial charge in [0.05, 0.1) is 18.8 Å². The van der Waals surface area contributed by atoms with E-state index < -0.39 is 0 Å². The van der Waals surface area contributed by atoms with E-state index in [0.717, 1.165) is 12.8 Å². The Morgan fingerprint density at radius 3 is 2.88 bits per heavy atom. The van der Waals surface area contributed by atoms with Gasteiger partial charge in [0.25, 0.3) is 0 Å². The first-order valence-electron chi connectivity index (χ1n) is 6.25. The fourth-order valence-corrected chi connectivity index (χ4v) is 1.94. The molecule has 4 nitrogen and oxygen atoms in total. The molecule has 1 heterocycles. The van der Waals surface area contributed by atoms with Gasteiger partial charge in [-0.05, 0) is 40.0 Å². The van der Waals surface area contributed by atoms with Crippen LogP contribution in [-0.2, 0) is 9.53 Å². The Balaban J connectivity index is 2.14. The zero-order valence-electron chi connectivity index (χ0n) is 10.6. The van der Waals surface area contributed by atoms with Crippen molar-refractivity contribution >= 4 is 5.91 Å². The fraction of sp³-hybridized carbons (Fsp3) is 0.917. The van der Waals surface area contributed by atoms with E-state index in [9.17, 15) is 4.79 Å². The highest BCUT2D eigenvalue weighted by molar-refractivity contribution is 5.81. The Kier molecular flexibility index (Phi) is 5.77. The summed E-state index contributed by atoms with van der Waals surface area (Å²) in [5.74, 6) is 0.110. The Labute approximate surface area is 98.1 Å². The molecule has 0 aromatic heterocycles. The number of hydrogen-bond acceptors (Lipinski definition) is 3. The molecule has 0 saturated carbocycles. The summed E-state index contributed by atoms with van der Waals surface area (Å²) in [5.41, 5.74) is 0. The number of ether oxygens (including phenoxy) is 1. The number of hydrogen-bond donors (Lipinski definition) is 2. The van der Waals surface area contributed by atoms with Crippen molar-refractivity contribution < 1.29 is 9.53 Å². The van der Waals surface area contributed by atoms with Crippen molar-refractivity contribution in [3.63, 3.8) is 0 Å². The zero-order valence-corrected chi connectivity index (χ0v) is 10.6. The molecule has 1 aliphatic heterocycles. The Morgan fingerprint density at radius 2 is 2.25 bits per heavy atom. The first-order chi connectivity index (χ1) is 7.59.